The standard InChI is InChI=1S/C17H27N/c1-3-13-17(18,15-7-5-4-6-8-15)16-11-9-14(2)10-12-16/h4-8,14,16H,3,9-13,18H2,1-2H3. The number of benzene rings is 1. The molecule has 1 aromatic rings. The first-order valence-corrected chi connectivity index (χ1v) is 7.51. The van der Waals surface area contributed by atoms with Gasteiger partial charge in [0.2, 0.25) is 0 Å². The fourth-order valence-corrected chi connectivity index (χ4v) is 3.52. The molecule has 1 fully saturated rings. The highest BCUT2D eigenvalue weighted by molar-refractivity contribution is 5.25. The molecule has 2 rings (SSSR count). The molecule has 0 radical (unpaired) electrons. The first-order valence-electron chi connectivity index (χ1n) is 7.51. The SMILES string of the molecule is CCCC(N)(c1ccccc1)C1CCC(C)CC1. The molecule has 0 aromatic heterocycles. The Morgan fingerprint density at radius 2 is 1.72 bits per heavy atom. The van der Waals surface area contributed by atoms with Crippen LogP contribution < -0.4 is 5.73 Å². The lowest BCUT2D eigenvalue weighted by Crippen LogP contribution is -2.45. The maximum absolute atomic E-state index is 6.85. The molecule has 0 aliphatic heterocycles. The van der Waals surface area contributed by atoms with Crippen molar-refractivity contribution in [1.82, 2.24) is 0 Å². The third kappa shape index (κ3) is 2.77. The van der Waals surface area contributed by atoms with Gasteiger partial charge in [0.15, 0.2) is 0 Å². The Hall–Kier alpha value is -0.820. The summed E-state index contributed by atoms with van der Waals surface area (Å²) in [7, 11) is 0. The first kappa shape index (κ1) is 13.6. The van der Waals surface area contributed by atoms with Crippen LogP contribution in [0.5, 0.6) is 0 Å². The largest absolute Gasteiger partial charge is 0.321 e. The summed E-state index contributed by atoms with van der Waals surface area (Å²) in [4.78, 5) is 0. The van der Waals surface area contributed by atoms with E-state index in [1.165, 1.54) is 31.2 Å². The van der Waals surface area contributed by atoms with Crippen LogP contribution in [0, 0.1) is 11.8 Å². The Balaban J connectivity index is 2.21. The molecule has 2 N–H and O–H groups in total. The third-order valence-electron chi connectivity index (χ3n) is 4.72. The van der Waals surface area contributed by atoms with Crippen LogP contribution in [0.4, 0.5) is 0 Å². The van der Waals surface area contributed by atoms with E-state index in [2.05, 4.69) is 44.2 Å². The predicted molar refractivity (Wildman–Crippen MR) is 78.3 cm³/mol. The lowest BCUT2D eigenvalue weighted by atomic mass is 9.68. The van der Waals surface area contributed by atoms with Crippen molar-refractivity contribution in [3.8, 4) is 0 Å². The van der Waals surface area contributed by atoms with Gasteiger partial charge < -0.3 is 5.73 Å². The van der Waals surface area contributed by atoms with Gasteiger partial charge >= 0.3 is 0 Å². The van der Waals surface area contributed by atoms with Gasteiger partial charge in [-0.1, -0.05) is 63.4 Å². The molecule has 1 heteroatoms. The molecule has 0 spiro atoms. The molecular weight excluding hydrogens is 218 g/mol. The van der Waals surface area contributed by atoms with Crippen LogP contribution in [-0.4, -0.2) is 0 Å². The van der Waals surface area contributed by atoms with Crippen molar-refractivity contribution >= 4 is 0 Å². The minimum atomic E-state index is -0.101. The maximum atomic E-state index is 6.85. The number of hydrogen-bond donors (Lipinski definition) is 1. The van der Waals surface area contributed by atoms with E-state index in [-0.39, 0.29) is 5.54 Å². The van der Waals surface area contributed by atoms with Gasteiger partial charge in [0.25, 0.3) is 0 Å². The predicted octanol–water partition coefficient (Wildman–Crippen LogP) is 4.47. The second-order valence-corrected chi connectivity index (χ2v) is 6.11. The Kier molecular flexibility index (Phi) is 4.45. The summed E-state index contributed by atoms with van der Waals surface area (Å²) < 4.78 is 0. The lowest BCUT2D eigenvalue weighted by molar-refractivity contribution is 0.167. The van der Waals surface area contributed by atoms with Gasteiger partial charge in [-0.2, -0.15) is 0 Å². The average Bonchev–Trinajstić information content (AvgIpc) is 2.40. The quantitative estimate of drug-likeness (QED) is 0.832. The minimum Gasteiger partial charge on any atom is -0.321 e. The minimum absolute atomic E-state index is 0.101. The van der Waals surface area contributed by atoms with Gasteiger partial charge in [0.1, 0.15) is 0 Å². The fraction of sp³-hybridized carbons (Fsp3) is 0.647. The summed E-state index contributed by atoms with van der Waals surface area (Å²) in [5.41, 5.74) is 8.09. The zero-order valence-corrected chi connectivity index (χ0v) is 11.9. The van der Waals surface area contributed by atoms with E-state index < -0.39 is 0 Å². The topological polar surface area (TPSA) is 26.0 Å². The monoisotopic (exact) mass is 245 g/mol. The van der Waals surface area contributed by atoms with Crippen molar-refractivity contribution in [3.63, 3.8) is 0 Å². The Labute approximate surface area is 112 Å². The number of nitrogens with two attached hydrogens (primary N) is 1. The normalized spacial score (nSPS) is 27.7. The summed E-state index contributed by atoms with van der Waals surface area (Å²) in [6.07, 6.45) is 7.56. The zero-order chi connectivity index (χ0) is 13.0. The molecule has 1 unspecified atom stereocenters. The van der Waals surface area contributed by atoms with Crippen LogP contribution in [0.25, 0.3) is 0 Å². The van der Waals surface area contributed by atoms with Gasteiger partial charge in [0.05, 0.1) is 0 Å². The number of rotatable bonds is 4. The van der Waals surface area contributed by atoms with E-state index in [4.69, 9.17) is 5.73 Å². The van der Waals surface area contributed by atoms with Gasteiger partial charge in [-0.15, -0.1) is 0 Å². The maximum Gasteiger partial charge on any atom is 0.0438 e. The summed E-state index contributed by atoms with van der Waals surface area (Å²) >= 11 is 0. The second-order valence-electron chi connectivity index (χ2n) is 6.11. The van der Waals surface area contributed by atoms with E-state index >= 15 is 0 Å². The molecule has 1 atom stereocenters. The molecule has 1 nitrogen and oxygen atoms in total. The highest BCUT2D eigenvalue weighted by Gasteiger charge is 2.37. The van der Waals surface area contributed by atoms with Crippen molar-refractivity contribution < 1.29 is 0 Å². The number of hydrogen-bond acceptors (Lipinski definition) is 1. The van der Waals surface area contributed by atoms with Crippen molar-refractivity contribution in [2.24, 2.45) is 17.6 Å². The van der Waals surface area contributed by atoms with Crippen molar-refractivity contribution in [1.29, 1.82) is 0 Å². The molecule has 1 saturated carbocycles. The van der Waals surface area contributed by atoms with Crippen LogP contribution in [-0.2, 0) is 5.54 Å². The van der Waals surface area contributed by atoms with Crippen molar-refractivity contribution in [2.45, 2.75) is 57.9 Å². The van der Waals surface area contributed by atoms with Crippen molar-refractivity contribution in [3.05, 3.63) is 35.9 Å². The highest BCUT2D eigenvalue weighted by Crippen LogP contribution is 2.41. The second kappa shape index (κ2) is 5.88. The van der Waals surface area contributed by atoms with Crippen LogP contribution in [0.2, 0.25) is 0 Å². The van der Waals surface area contributed by atoms with E-state index in [1.807, 2.05) is 0 Å². The highest BCUT2D eigenvalue weighted by atomic mass is 14.8. The molecule has 1 aromatic carbocycles. The van der Waals surface area contributed by atoms with Gasteiger partial charge in [-0.3, -0.25) is 0 Å². The zero-order valence-electron chi connectivity index (χ0n) is 11.9. The van der Waals surface area contributed by atoms with E-state index in [1.54, 1.807) is 0 Å². The molecule has 0 bridgehead atoms. The van der Waals surface area contributed by atoms with Gasteiger partial charge in [-0.05, 0) is 36.7 Å². The lowest BCUT2D eigenvalue weighted by Gasteiger charge is -2.41. The van der Waals surface area contributed by atoms with E-state index in [0.717, 1.165) is 18.8 Å². The molecule has 18 heavy (non-hydrogen) atoms. The molecule has 1 aliphatic carbocycles. The van der Waals surface area contributed by atoms with Crippen LogP contribution in [0.15, 0.2) is 30.3 Å². The van der Waals surface area contributed by atoms with Gasteiger partial charge in [0, 0.05) is 5.54 Å². The summed E-state index contributed by atoms with van der Waals surface area (Å²) in [5.74, 6) is 1.55. The molecule has 0 heterocycles. The van der Waals surface area contributed by atoms with Crippen molar-refractivity contribution in [2.75, 3.05) is 0 Å². The summed E-state index contributed by atoms with van der Waals surface area (Å²) in [5, 5.41) is 0. The summed E-state index contributed by atoms with van der Waals surface area (Å²) in [6.45, 7) is 4.62. The molecule has 1 aliphatic rings. The molecular formula is C17H27N. The Morgan fingerprint density at radius 1 is 1.11 bits per heavy atom. The molecule has 0 saturated heterocycles. The first-order chi connectivity index (χ1) is 8.66. The van der Waals surface area contributed by atoms with Crippen LogP contribution in [0.3, 0.4) is 0 Å². The van der Waals surface area contributed by atoms with Crippen LogP contribution >= 0.6 is 0 Å². The fourth-order valence-electron chi connectivity index (χ4n) is 3.52. The Morgan fingerprint density at radius 3 is 2.28 bits per heavy atom. The molecule has 100 valence electrons. The summed E-state index contributed by atoms with van der Waals surface area (Å²) in [6, 6.07) is 10.8. The average molecular weight is 245 g/mol. The van der Waals surface area contributed by atoms with E-state index in [9.17, 15) is 0 Å². The molecule has 0 amide bonds. The Bertz CT molecular complexity index is 351. The third-order valence-corrected chi connectivity index (χ3v) is 4.72. The smallest absolute Gasteiger partial charge is 0.0438 e. The van der Waals surface area contributed by atoms with Gasteiger partial charge in [-0.25, -0.2) is 0 Å². The van der Waals surface area contributed by atoms with E-state index in [0.29, 0.717) is 5.92 Å². The van der Waals surface area contributed by atoms with Crippen LogP contribution in [0.1, 0.15) is 57.9 Å².